The lowest BCUT2D eigenvalue weighted by Crippen LogP contribution is -2.32. The molecule has 1 heterocycles. The molecule has 2 N–H and O–H groups in total. The van der Waals surface area contributed by atoms with Crippen LogP contribution in [0.4, 0.5) is 0 Å². The molecule has 0 fully saturated rings. The van der Waals surface area contributed by atoms with E-state index in [2.05, 4.69) is 0 Å². The van der Waals surface area contributed by atoms with E-state index >= 15 is 0 Å². The van der Waals surface area contributed by atoms with Crippen LogP contribution in [0.2, 0.25) is 5.02 Å². The second-order valence-corrected chi connectivity index (χ2v) is 5.78. The summed E-state index contributed by atoms with van der Waals surface area (Å²) in [6.45, 7) is 1.78. The Morgan fingerprint density at radius 2 is 2.00 bits per heavy atom. The average molecular weight is 309 g/mol. The first-order valence-corrected chi connectivity index (χ1v) is 7.74. The smallest absolute Gasteiger partial charge is 0.265 e. The fourth-order valence-corrected chi connectivity index (χ4v) is 3.03. The molecule has 3 nitrogen and oxygen atoms in total. The number of rotatable bonds is 6. The van der Waals surface area contributed by atoms with Crippen molar-refractivity contribution in [2.24, 2.45) is 5.73 Å². The van der Waals surface area contributed by atoms with Gasteiger partial charge in [-0.15, -0.1) is 11.3 Å². The Hall–Kier alpha value is -1.36. The van der Waals surface area contributed by atoms with Crippen molar-refractivity contribution in [1.29, 1.82) is 0 Å². The van der Waals surface area contributed by atoms with Crippen molar-refractivity contribution >= 4 is 28.8 Å². The SMILES string of the molecule is NCCCN(Cc1ccccc1)C(=O)c1sccc1Cl. The molecule has 0 aliphatic rings. The second-order valence-electron chi connectivity index (χ2n) is 4.45. The van der Waals surface area contributed by atoms with Crippen LogP contribution in [-0.2, 0) is 6.54 Å². The van der Waals surface area contributed by atoms with Gasteiger partial charge in [-0.1, -0.05) is 41.9 Å². The molecule has 1 aromatic heterocycles. The maximum Gasteiger partial charge on any atom is 0.265 e. The Balaban J connectivity index is 2.15. The van der Waals surface area contributed by atoms with E-state index < -0.39 is 0 Å². The zero-order valence-corrected chi connectivity index (χ0v) is 12.7. The van der Waals surface area contributed by atoms with Crippen molar-refractivity contribution in [1.82, 2.24) is 4.90 Å². The molecule has 20 heavy (non-hydrogen) atoms. The summed E-state index contributed by atoms with van der Waals surface area (Å²) in [6.07, 6.45) is 0.779. The third-order valence-corrected chi connectivity index (χ3v) is 4.28. The van der Waals surface area contributed by atoms with Gasteiger partial charge in [-0.2, -0.15) is 0 Å². The monoisotopic (exact) mass is 308 g/mol. The average Bonchev–Trinajstić information content (AvgIpc) is 2.90. The van der Waals surface area contributed by atoms with Gasteiger partial charge in [0.05, 0.1) is 5.02 Å². The van der Waals surface area contributed by atoms with E-state index in [-0.39, 0.29) is 5.91 Å². The van der Waals surface area contributed by atoms with Gasteiger partial charge in [0, 0.05) is 13.1 Å². The number of carbonyl (C=O) groups excluding carboxylic acids is 1. The van der Waals surface area contributed by atoms with Crippen molar-refractivity contribution in [2.45, 2.75) is 13.0 Å². The summed E-state index contributed by atoms with van der Waals surface area (Å²) < 4.78 is 0. The van der Waals surface area contributed by atoms with Crippen LogP contribution in [0.5, 0.6) is 0 Å². The molecule has 0 radical (unpaired) electrons. The first-order valence-electron chi connectivity index (χ1n) is 6.48. The van der Waals surface area contributed by atoms with Crippen molar-refractivity contribution in [3.63, 3.8) is 0 Å². The molecule has 2 rings (SSSR count). The van der Waals surface area contributed by atoms with Crippen LogP contribution in [0.15, 0.2) is 41.8 Å². The minimum atomic E-state index is -0.0256. The number of amides is 1. The molecule has 2 aromatic rings. The van der Waals surface area contributed by atoms with Crippen molar-refractivity contribution in [3.05, 3.63) is 57.2 Å². The minimum absolute atomic E-state index is 0.0256. The molecule has 0 spiro atoms. The maximum atomic E-state index is 12.5. The van der Waals surface area contributed by atoms with Gasteiger partial charge < -0.3 is 10.6 Å². The summed E-state index contributed by atoms with van der Waals surface area (Å²) >= 11 is 7.43. The molecule has 0 unspecified atom stereocenters. The van der Waals surface area contributed by atoms with E-state index in [1.807, 2.05) is 35.7 Å². The summed E-state index contributed by atoms with van der Waals surface area (Å²) in [6, 6.07) is 11.7. The first kappa shape index (κ1) is 15.0. The van der Waals surface area contributed by atoms with Gasteiger partial charge in [-0.05, 0) is 30.0 Å². The lowest BCUT2D eigenvalue weighted by atomic mass is 10.2. The van der Waals surface area contributed by atoms with Crippen LogP contribution < -0.4 is 5.73 Å². The molecule has 106 valence electrons. The number of carbonyl (C=O) groups is 1. The molecule has 0 atom stereocenters. The summed E-state index contributed by atoms with van der Waals surface area (Å²) in [5, 5.41) is 2.35. The topological polar surface area (TPSA) is 46.3 Å². The first-order chi connectivity index (χ1) is 9.72. The molecular weight excluding hydrogens is 292 g/mol. The van der Waals surface area contributed by atoms with Gasteiger partial charge >= 0.3 is 0 Å². The number of nitrogens with zero attached hydrogens (tertiary/aromatic N) is 1. The number of halogens is 1. The minimum Gasteiger partial charge on any atom is -0.334 e. The largest absolute Gasteiger partial charge is 0.334 e. The summed E-state index contributed by atoms with van der Waals surface area (Å²) in [7, 11) is 0. The zero-order chi connectivity index (χ0) is 14.4. The highest BCUT2D eigenvalue weighted by molar-refractivity contribution is 7.12. The predicted molar refractivity (Wildman–Crippen MR) is 84.2 cm³/mol. The maximum absolute atomic E-state index is 12.5. The molecule has 0 saturated carbocycles. The lowest BCUT2D eigenvalue weighted by Gasteiger charge is -2.22. The Kier molecular flexibility index (Phi) is 5.59. The van der Waals surface area contributed by atoms with Gasteiger partial charge in [-0.25, -0.2) is 0 Å². The van der Waals surface area contributed by atoms with Crippen molar-refractivity contribution in [2.75, 3.05) is 13.1 Å². The standard InChI is InChI=1S/C15H17ClN2OS/c16-13-7-10-20-14(13)15(19)18(9-4-8-17)11-12-5-2-1-3-6-12/h1-3,5-7,10H,4,8-9,11,17H2. The van der Waals surface area contributed by atoms with E-state index in [9.17, 15) is 4.79 Å². The quantitative estimate of drug-likeness (QED) is 0.889. The Morgan fingerprint density at radius 3 is 2.60 bits per heavy atom. The third-order valence-electron chi connectivity index (χ3n) is 2.95. The second kappa shape index (κ2) is 7.43. The Bertz CT molecular complexity index is 556. The molecule has 1 amide bonds. The van der Waals surface area contributed by atoms with Gasteiger partial charge in [0.25, 0.3) is 5.91 Å². The van der Waals surface area contributed by atoms with Gasteiger partial charge in [0.1, 0.15) is 4.88 Å². The van der Waals surface area contributed by atoms with E-state index in [0.29, 0.717) is 29.5 Å². The van der Waals surface area contributed by atoms with Gasteiger partial charge in [0.15, 0.2) is 0 Å². The third kappa shape index (κ3) is 3.82. The van der Waals surface area contributed by atoms with E-state index in [1.165, 1.54) is 11.3 Å². The fraction of sp³-hybridized carbons (Fsp3) is 0.267. The van der Waals surface area contributed by atoms with Crippen LogP contribution in [0.1, 0.15) is 21.7 Å². The Morgan fingerprint density at radius 1 is 1.25 bits per heavy atom. The molecule has 0 aliphatic heterocycles. The van der Waals surface area contributed by atoms with Crippen LogP contribution in [0.25, 0.3) is 0 Å². The van der Waals surface area contributed by atoms with Crippen LogP contribution in [-0.4, -0.2) is 23.9 Å². The van der Waals surface area contributed by atoms with Crippen molar-refractivity contribution < 1.29 is 4.79 Å². The van der Waals surface area contributed by atoms with Gasteiger partial charge in [0.2, 0.25) is 0 Å². The highest BCUT2D eigenvalue weighted by atomic mass is 35.5. The molecule has 5 heteroatoms. The van der Waals surface area contributed by atoms with Gasteiger partial charge in [-0.3, -0.25) is 4.79 Å². The molecule has 0 aliphatic carbocycles. The number of hydrogen-bond donors (Lipinski definition) is 1. The van der Waals surface area contributed by atoms with E-state index in [0.717, 1.165) is 12.0 Å². The predicted octanol–water partition coefficient (Wildman–Crippen LogP) is 3.39. The normalized spacial score (nSPS) is 10.5. The number of hydrogen-bond acceptors (Lipinski definition) is 3. The molecule has 0 bridgehead atoms. The summed E-state index contributed by atoms with van der Waals surface area (Å²) in [4.78, 5) is 15.0. The molecule has 0 saturated heterocycles. The van der Waals surface area contributed by atoms with Crippen LogP contribution in [0, 0.1) is 0 Å². The highest BCUT2D eigenvalue weighted by Gasteiger charge is 2.19. The summed E-state index contributed by atoms with van der Waals surface area (Å²) in [5.41, 5.74) is 6.66. The van der Waals surface area contributed by atoms with Crippen molar-refractivity contribution in [3.8, 4) is 0 Å². The lowest BCUT2D eigenvalue weighted by molar-refractivity contribution is 0.0747. The number of thiophene rings is 1. The molecular formula is C15H17ClN2OS. The fourth-order valence-electron chi connectivity index (χ4n) is 1.93. The highest BCUT2D eigenvalue weighted by Crippen LogP contribution is 2.24. The van der Waals surface area contributed by atoms with E-state index in [1.54, 1.807) is 11.0 Å². The summed E-state index contributed by atoms with van der Waals surface area (Å²) in [5.74, 6) is -0.0256. The van der Waals surface area contributed by atoms with E-state index in [4.69, 9.17) is 17.3 Å². The number of nitrogens with two attached hydrogens (primary N) is 1. The molecule has 1 aromatic carbocycles. The Labute approximate surface area is 128 Å². The number of benzene rings is 1. The van der Waals surface area contributed by atoms with Crippen LogP contribution >= 0.6 is 22.9 Å². The zero-order valence-electron chi connectivity index (χ0n) is 11.1. The van der Waals surface area contributed by atoms with Crippen LogP contribution in [0.3, 0.4) is 0 Å².